The molecule has 2 N–H and O–H groups in total. The molecule has 10 heteroatoms. The van der Waals surface area contributed by atoms with Crippen LogP contribution in [0.3, 0.4) is 0 Å². The summed E-state index contributed by atoms with van der Waals surface area (Å²) < 4.78 is 13.0. The number of para-hydroxylation sites is 1. The largest absolute Gasteiger partial charge is 0.506 e. The predicted octanol–water partition coefficient (Wildman–Crippen LogP) is 2.31. The first-order valence-corrected chi connectivity index (χ1v) is 10.9. The van der Waals surface area contributed by atoms with Crippen molar-refractivity contribution < 1.29 is 24.2 Å². The van der Waals surface area contributed by atoms with Crippen LogP contribution < -0.4 is 10.9 Å². The van der Waals surface area contributed by atoms with E-state index in [-0.39, 0.29) is 19.8 Å². The highest BCUT2D eigenvalue weighted by Gasteiger charge is 2.29. The van der Waals surface area contributed by atoms with Gasteiger partial charge in [0.25, 0.3) is 11.5 Å². The van der Waals surface area contributed by atoms with Gasteiger partial charge >= 0.3 is 5.97 Å². The van der Waals surface area contributed by atoms with Gasteiger partial charge in [-0.15, -0.1) is 11.3 Å². The van der Waals surface area contributed by atoms with E-state index in [1.165, 1.54) is 15.9 Å². The molecule has 0 fully saturated rings. The Morgan fingerprint density at radius 3 is 2.75 bits per heavy atom. The van der Waals surface area contributed by atoms with Gasteiger partial charge in [0.15, 0.2) is 0 Å². The number of thiazole rings is 1. The summed E-state index contributed by atoms with van der Waals surface area (Å²) >= 11 is 1.45. The van der Waals surface area contributed by atoms with E-state index in [2.05, 4.69) is 10.3 Å². The lowest BCUT2D eigenvalue weighted by Crippen LogP contribution is -2.38. The fraction of sp³-hybridized carbons (Fsp3) is 0.364. The van der Waals surface area contributed by atoms with Crippen LogP contribution in [-0.4, -0.2) is 38.7 Å². The Hall–Kier alpha value is -3.24. The van der Waals surface area contributed by atoms with Crippen molar-refractivity contribution in [1.82, 2.24) is 14.9 Å². The van der Waals surface area contributed by atoms with E-state index < -0.39 is 40.9 Å². The number of rotatable bonds is 5. The number of pyridine rings is 1. The zero-order valence-corrected chi connectivity index (χ0v) is 18.7. The van der Waals surface area contributed by atoms with Crippen molar-refractivity contribution in [2.45, 2.75) is 46.1 Å². The van der Waals surface area contributed by atoms with Gasteiger partial charge in [0, 0.05) is 5.56 Å². The van der Waals surface area contributed by atoms with Crippen molar-refractivity contribution in [1.29, 1.82) is 0 Å². The Kier molecular flexibility index (Phi) is 5.74. The number of benzene rings is 1. The number of esters is 1. The molecule has 0 saturated heterocycles. The average molecular weight is 458 g/mol. The number of fused-ring (bicyclic) bond motifs is 2. The molecule has 4 rings (SSSR count). The molecule has 3 heterocycles. The molecule has 1 aromatic carbocycles. The fourth-order valence-electron chi connectivity index (χ4n) is 3.49. The maximum absolute atomic E-state index is 13.2. The third-order valence-electron chi connectivity index (χ3n) is 4.81. The lowest BCUT2D eigenvalue weighted by Gasteiger charge is -2.19. The zero-order valence-electron chi connectivity index (χ0n) is 17.9. The summed E-state index contributed by atoms with van der Waals surface area (Å²) in [5, 5.41) is 13.7. The summed E-state index contributed by atoms with van der Waals surface area (Å²) in [5.74, 6) is -1.93. The molecule has 1 aliphatic heterocycles. The molecule has 168 valence electrons. The van der Waals surface area contributed by atoms with E-state index in [1.54, 1.807) is 20.8 Å². The monoisotopic (exact) mass is 457 g/mol. The molecule has 1 aliphatic rings. The summed E-state index contributed by atoms with van der Waals surface area (Å²) in [6, 6.07) is 7.63. The minimum absolute atomic E-state index is 0.0770. The Morgan fingerprint density at radius 2 is 2.03 bits per heavy atom. The normalized spacial score (nSPS) is 13.2. The molecule has 1 amide bonds. The number of nitrogens with zero attached hydrogens (tertiary/aromatic N) is 2. The molecule has 0 unspecified atom stereocenters. The first-order valence-electron chi connectivity index (χ1n) is 10.0. The van der Waals surface area contributed by atoms with Gasteiger partial charge in [-0.1, -0.05) is 12.1 Å². The number of amides is 1. The van der Waals surface area contributed by atoms with Gasteiger partial charge in [0.1, 0.15) is 28.5 Å². The third-order valence-corrected chi connectivity index (χ3v) is 5.83. The van der Waals surface area contributed by atoms with Crippen LogP contribution in [0.4, 0.5) is 0 Å². The quantitative estimate of drug-likeness (QED) is 0.564. The lowest BCUT2D eigenvalue weighted by atomic mass is 10.1. The second-order valence-electron chi connectivity index (χ2n) is 8.38. The smallest absolute Gasteiger partial charge is 0.325 e. The van der Waals surface area contributed by atoms with Crippen LogP contribution in [0.15, 0.2) is 29.1 Å². The van der Waals surface area contributed by atoms with Crippen LogP contribution in [0.5, 0.6) is 5.75 Å². The lowest BCUT2D eigenvalue weighted by molar-refractivity contribution is -0.153. The van der Waals surface area contributed by atoms with Crippen molar-refractivity contribution in [2.75, 3.05) is 6.54 Å². The maximum Gasteiger partial charge on any atom is 0.325 e. The van der Waals surface area contributed by atoms with Crippen LogP contribution in [-0.2, 0) is 34.0 Å². The van der Waals surface area contributed by atoms with Crippen LogP contribution in [0.25, 0.3) is 10.2 Å². The number of carbonyl (C=O) groups excluding carboxylic acids is 2. The molecule has 0 atom stereocenters. The molecule has 0 aliphatic carbocycles. The minimum atomic E-state index is -0.855. The van der Waals surface area contributed by atoms with Crippen molar-refractivity contribution in [2.24, 2.45) is 0 Å². The summed E-state index contributed by atoms with van der Waals surface area (Å²) in [6.45, 7) is 5.05. The number of aromatic nitrogens is 2. The first kappa shape index (κ1) is 22.0. The molecule has 0 bridgehead atoms. The van der Waals surface area contributed by atoms with Gasteiger partial charge in [-0.25, -0.2) is 4.98 Å². The average Bonchev–Trinajstić information content (AvgIpc) is 3.35. The SMILES string of the molecule is CC(C)(C)OC(=O)CNC(=O)c1c(O)c2c(n(Cc3nc4ccccc4s3)c1=O)COC2. The topological polar surface area (TPSA) is 120 Å². The first-order chi connectivity index (χ1) is 15.1. The minimum Gasteiger partial charge on any atom is -0.506 e. The Labute approximate surface area is 187 Å². The number of carbonyl (C=O) groups is 2. The molecule has 3 aromatic rings. The fourth-order valence-corrected chi connectivity index (χ4v) is 4.45. The molecule has 32 heavy (non-hydrogen) atoms. The van der Waals surface area contributed by atoms with Crippen molar-refractivity contribution in [3.8, 4) is 5.75 Å². The van der Waals surface area contributed by atoms with E-state index in [1.807, 2.05) is 24.3 Å². The van der Waals surface area contributed by atoms with Crippen molar-refractivity contribution in [3.63, 3.8) is 0 Å². The zero-order chi connectivity index (χ0) is 23.0. The molecular formula is C22H23N3O6S. The second kappa shape index (κ2) is 8.36. The molecule has 0 spiro atoms. The Bertz CT molecular complexity index is 1240. The highest BCUT2D eigenvalue weighted by molar-refractivity contribution is 7.18. The van der Waals surface area contributed by atoms with Gasteiger partial charge in [0.2, 0.25) is 0 Å². The van der Waals surface area contributed by atoms with Crippen molar-refractivity contribution >= 4 is 33.4 Å². The van der Waals surface area contributed by atoms with Gasteiger partial charge in [0.05, 0.1) is 35.7 Å². The number of aromatic hydroxyl groups is 1. The van der Waals surface area contributed by atoms with E-state index in [9.17, 15) is 19.5 Å². The van der Waals surface area contributed by atoms with E-state index in [0.29, 0.717) is 16.3 Å². The predicted molar refractivity (Wildman–Crippen MR) is 118 cm³/mol. The van der Waals surface area contributed by atoms with Crippen LogP contribution in [0, 0.1) is 0 Å². The van der Waals surface area contributed by atoms with Crippen LogP contribution in [0.1, 0.15) is 47.4 Å². The van der Waals surface area contributed by atoms with E-state index in [0.717, 1.165) is 10.2 Å². The maximum atomic E-state index is 13.2. The van der Waals surface area contributed by atoms with Crippen molar-refractivity contribution in [3.05, 3.63) is 56.4 Å². The molecule has 0 radical (unpaired) electrons. The second-order valence-corrected chi connectivity index (χ2v) is 9.49. The number of hydrogen-bond acceptors (Lipinski definition) is 8. The summed E-state index contributed by atoms with van der Waals surface area (Å²) in [5.41, 5.74) is -0.100. The van der Waals surface area contributed by atoms with Crippen LogP contribution in [0.2, 0.25) is 0 Å². The number of nitrogens with one attached hydrogen (secondary N) is 1. The third kappa shape index (κ3) is 4.37. The highest BCUT2D eigenvalue weighted by Crippen LogP contribution is 2.31. The van der Waals surface area contributed by atoms with Gasteiger partial charge in [-0.3, -0.25) is 14.4 Å². The Morgan fingerprint density at radius 1 is 1.28 bits per heavy atom. The van der Waals surface area contributed by atoms with Crippen LogP contribution >= 0.6 is 11.3 Å². The molecule has 9 nitrogen and oxygen atoms in total. The highest BCUT2D eigenvalue weighted by atomic mass is 32.1. The Balaban J connectivity index is 1.66. The van der Waals surface area contributed by atoms with Gasteiger partial charge < -0.3 is 24.5 Å². The van der Waals surface area contributed by atoms with E-state index >= 15 is 0 Å². The molecule has 2 aromatic heterocycles. The standard InChI is InChI=1S/C22H23N3O6S/c1-22(2,3)31-17(26)8-23-20(28)18-19(27)12-10-30-11-14(12)25(21(18)29)9-16-24-13-6-4-5-7-15(13)32-16/h4-7,27H,8-11H2,1-3H3,(H,23,28). The number of ether oxygens (including phenoxy) is 2. The van der Waals surface area contributed by atoms with Gasteiger partial charge in [-0.05, 0) is 32.9 Å². The summed E-state index contributed by atoms with van der Waals surface area (Å²) in [4.78, 5) is 42.5. The summed E-state index contributed by atoms with van der Waals surface area (Å²) in [7, 11) is 0. The van der Waals surface area contributed by atoms with Gasteiger partial charge in [-0.2, -0.15) is 0 Å². The summed E-state index contributed by atoms with van der Waals surface area (Å²) in [6.07, 6.45) is 0. The molecule has 0 saturated carbocycles. The number of hydrogen-bond donors (Lipinski definition) is 2. The molecular weight excluding hydrogens is 434 g/mol. The van der Waals surface area contributed by atoms with E-state index in [4.69, 9.17) is 9.47 Å².